The van der Waals surface area contributed by atoms with Crippen molar-refractivity contribution in [2.24, 2.45) is 0 Å². The van der Waals surface area contributed by atoms with Crippen molar-refractivity contribution in [2.75, 3.05) is 13.1 Å². The first-order valence-corrected chi connectivity index (χ1v) is 6.32. The number of carbonyl (C=O) groups excluding carboxylic acids is 2. The van der Waals surface area contributed by atoms with E-state index in [0.717, 1.165) is 12.0 Å². The van der Waals surface area contributed by atoms with Gasteiger partial charge in [-0.1, -0.05) is 37.3 Å². The molecule has 1 aliphatic heterocycles. The molecule has 1 unspecified atom stereocenters. The molecule has 1 heterocycles. The van der Waals surface area contributed by atoms with Crippen LogP contribution < -0.4 is 5.32 Å². The highest BCUT2D eigenvalue weighted by Gasteiger charge is 2.31. The number of nitrogens with one attached hydrogen (secondary N) is 1. The Hall–Kier alpha value is -1.84. The van der Waals surface area contributed by atoms with Gasteiger partial charge in [0.2, 0.25) is 11.8 Å². The van der Waals surface area contributed by atoms with E-state index in [1.807, 2.05) is 37.3 Å². The third-order valence-electron chi connectivity index (χ3n) is 3.06. The molecular weight excluding hydrogens is 228 g/mol. The summed E-state index contributed by atoms with van der Waals surface area (Å²) in [6.07, 6.45) is 1.43. The highest BCUT2D eigenvalue weighted by Crippen LogP contribution is 2.09. The van der Waals surface area contributed by atoms with Crippen molar-refractivity contribution < 1.29 is 9.59 Å². The second-order valence-electron chi connectivity index (χ2n) is 4.57. The average molecular weight is 246 g/mol. The van der Waals surface area contributed by atoms with E-state index in [2.05, 4.69) is 5.32 Å². The average Bonchev–Trinajstić information content (AvgIpc) is 2.36. The fourth-order valence-electron chi connectivity index (χ4n) is 2.22. The molecule has 0 aliphatic carbocycles. The number of amides is 2. The van der Waals surface area contributed by atoms with Crippen LogP contribution in [-0.4, -0.2) is 35.8 Å². The zero-order valence-electron chi connectivity index (χ0n) is 10.6. The van der Waals surface area contributed by atoms with E-state index >= 15 is 0 Å². The van der Waals surface area contributed by atoms with Crippen LogP contribution in [0.25, 0.3) is 0 Å². The zero-order valence-corrected chi connectivity index (χ0v) is 10.6. The fourth-order valence-corrected chi connectivity index (χ4v) is 2.22. The molecule has 4 nitrogen and oxygen atoms in total. The van der Waals surface area contributed by atoms with E-state index < -0.39 is 6.04 Å². The summed E-state index contributed by atoms with van der Waals surface area (Å²) >= 11 is 0. The lowest BCUT2D eigenvalue weighted by Gasteiger charge is -2.32. The first-order valence-electron chi connectivity index (χ1n) is 6.32. The van der Waals surface area contributed by atoms with Crippen LogP contribution in [0.4, 0.5) is 0 Å². The molecule has 1 aliphatic rings. The molecule has 2 amide bonds. The Balaban J connectivity index is 2.07. The lowest BCUT2D eigenvalue weighted by molar-refractivity contribution is -0.144. The number of benzene rings is 1. The van der Waals surface area contributed by atoms with Gasteiger partial charge in [0.25, 0.3) is 0 Å². The molecule has 1 N–H and O–H groups in total. The van der Waals surface area contributed by atoms with Crippen LogP contribution in [0, 0.1) is 0 Å². The first-order chi connectivity index (χ1) is 8.70. The Morgan fingerprint density at radius 3 is 2.67 bits per heavy atom. The van der Waals surface area contributed by atoms with Crippen LogP contribution in [0.3, 0.4) is 0 Å². The number of hydrogen-bond acceptors (Lipinski definition) is 2. The molecule has 18 heavy (non-hydrogen) atoms. The minimum atomic E-state index is -0.416. The Morgan fingerprint density at radius 1 is 1.28 bits per heavy atom. The number of hydrogen-bond donors (Lipinski definition) is 1. The van der Waals surface area contributed by atoms with E-state index in [1.54, 1.807) is 4.90 Å². The molecule has 1 aromatic carbocycles. The molecule has 0 radical (unpaired) electrons. The van der Waals surface area contributed by atoms with Gasteiger partial charge in [0.15, 0.2) is 0 Å². The van der Waals surface area contributed by atoms with Gasteiger partial charge in [0.1, 0.15) is 6.04 Å². The molecular formula is C14H18N2O2. The van der Waals surface area contributed by atoms with Gasteiger partial charge in [0.05, 0.1) is 6.54 Å². The summed E-state index contributed by atoms with van der Waals surface area (Å²) in [5.74, 6) is -0.0377. The summed E-state index contributed by atoms with van der Waals surface area (Å²) < 4.78 is 0. The molecule has 4 heteroatoms. The Labute approximate surface area is 107 Å². The predicted molar refractivity (Wildman–Crippen MR) is 68.9 cm³/mol. The van der Waals surface area contributed by atoms with Crippen molar-refractivity contribution in [3.8, 4) is 0 Å². The highest BCUT2D eigenvalue weighted by molar-refractivity contribution is 5.95. The van der Waals surface area contributed by atoms with Crippen LogP contribution in [0.5, 0.6) is 0 Å². The molecule has 0 aromatic heterocycles. The number of piperazine rings is 1. The van der Waals surface area contributed by atoms with Crippen LogP contribution in [-0.2, 0) is 16.0 Å². The van der Waals surface area contributed by atoms with Crippen molar-refractivity contribution in [3.63, 3.8) is 0 Å². The topological polar surface area (TPSA) is 49.4 Å². The van der Waals surface area contributed by atoms with Crippen LogP contribution in [0.15, 0.2) is 30.3 Å². The first kappa shape index (κ1) is 12.6. The van der Waals surface area contributed by atoms with Gasteiger partial charge in [-0.3, -0.25) is 9.59 Å². The lowest BCUT2D eigenvalue weighted by Crippen LogP contribution is -2.58. The maximum atomic E-state index is 12.2. The second kappa shape index (κ2) is 5.67. The van der Waals surface area contributed by atoms with Gasteiger partial charge >= 0.3 is 0 Å². The number of carbonyl (C=O) groups is 2. The van der Waals surface area contributed by atoms with Crippen LogP contribution >= 0.6 is 0 Å². The summed E-state index contributed by atoms with van der Waals surface area (Å²) in [5.41, 5.74) is 1.06. The van der Waals surface area contributed by atoms with E-state index in [4.69, 9.17) is 0 Å². The number of nitrogens with zero attached hydrogens (tertiary/aromatic N) is 1. The third-order valence-corrected chi connectivity index (χ3v) is 3.06. The minimum absolute atomic E-state index is 0.0281. The Bertz CT molecular complexity index is 431. The van der Waals surface area contributed by atoms with Crippen LogP contribution in [0.2, 0.25) is 0 Å². The largest absolute Gasteiger partial charge is 0.342 e. The molecule has 1 saturated heterocycles. The van der Waals surface area contributed by atoms with Crippen molar-refractivity contribution >= 4 is 11.8 Å². The van der Waals surface area contributed by atoms with Gasteiger partial charge in [-0.15, -0.1) is 0 Å². The predicted octanol–water partition coefficient (Wildman–Crippen LogP) is 0.966. The standard InChI is InChI=1S/C14H18N2O2/c1-2-8-16-10-13(17)15-12(14(16)18)9-11-6-4-3-5-7-11/h3-7,12H,2,8-10H2,1H3,(H,15,17). The van der Waals surface area contributed by atoms with Gasteiger partial charge < -0.3 is 10.2 Å². The number of rotatable bonds is 4. The summed E-state index contributed by atoms with van der Waals surface area (Å²) in [6, 6.07) is 9.34. The maximum absolute atomic E-state index is 12.2. The second-order valence-corrected chi connectivity index (χ2v) is 4.57. The monoisotopic (exact) mass is 246 g/mol. The van der Waals surface area contributed by atoms with Gasteiger partial charge in [0, 0.05) is 13.0 Å². The molecule has 96 valence electrons. The van der Waals surface area contributed by atoms with Crippen LogP contribution in [0.1, 0.15) is 18.9 Å². The Morgan fingerprint density at radius 2 is 2.00 bits per heavy atom. The van der Waals surface area contributed by atoms with Gasteiger partial charge in [-0.2, -0.15) is 0 Å². The smallest absolute Gasteiger partial charge is 0.245 e. The zero-order chi connectivity index (χ0) is 13.0. The molecule has 2 rings (SSSR count). The highest BCUT2D eigenvalue weighted by atomic mass is 16.2. The van der Waals surface area contributed by atoms with Crippen molar-refractivity contribution in [2.45, 2.75) is 25.8 Å². The third kappa shape index (κ3) is 2.88. The maximum Gasteiger partial charge on any atom is 0.245 e. The van der Waals surface area contributed by atoms with Gasteiger partial charge in [-0.25, -0.2) is 0 Å². The summed E-state index contributed by atoms with van der Waals surface area (Å²) in [7, 11) is 0. The van der Waals surface area contributed by atoms with Crippen molar-refractivity contribution in [1.82, 2.24) is 10.2 Å². The molecule has 1 atom stereocenters. The van der Waals surface area contributed by atoms with Crippen molar-refractivity contribution in [1.29, 1.82) is 0 Å². The van der Waals surface area contributed by atoms with E-state index in [1.165, 1.54) is 0 Å². The lowest BCUT2D eigenvalue weighted by atomic mass is 10.0. The van der Waals surface area contributed by atoms with Gasteiger partial charge in [-0.05, 0) is 12.0 Å². The summed E-state index contributed by atoms with van der Waals surface area (Å²) in [5, 5.41) is 2.77. The quantitative estimate of drug-likeness (QED) is 0.860. The molecule has 1 fully saturated rings. The van der Waals surface area contributed by atoms with E-state index in [9.17, 15) is 9.59 Å². The molecule has 0 bridgehead atoms. The molecule has 0 spiro atoms. The molecule has 1 aromatic rings. The van der Waals surface area contributed by atoms with E-state index in [0.29, 0.717) is 13.0 Å². The summed E-state index contributed by atoms with van der Waals surface area (Å²) in [4.78, 5) is 25.4. The SMILES string of the molecule is CCCN1CC(=O)NC(Cc2ccccc2)C1=O. The Kier molecular flexibility index (Phi) is 3.97. The minimum Gasteiger partial charge on any atom is -0.342 e. The molecule has 0 saturated carbocycles. The fraction of sp³-hybridized carbons (Fsp3) is 0.429. The van der Waals surface area contributed by atoms with Crippen molar-refractivity contribution in [3.05, 3.63) is 35.9 Å². The summed E-state index contributed by atoms with van der Waals surface area (Å²) in [6.45, 7) is 2.85. The normalized spacial score (nSPS) is 19.8. The van der Waals surface area contributed by atoms with E-state index in [-0.39, 0.29) is 18.4 Å².